The third-order valence-corrected chi connectivity index (χ3v) is 1.59. The fraction of sp³-hybridized carbons (Fsp3) is 0.333. The Bertz CT molecular complexity index is 238. The molecule has 3 N–H and O–H groups in total. The molecular weight excluding hydrogens is 155 g/mol. The minimum absolute atomic E-state index is 0.354. The van der Waals surface area contributed by atoms with Gasteiger partial charge in [-0.25, -0.2) is 4.39 Å². The third kappa shape index (κ3) is 2.51. The van der Waals surface area contributed by atoms with Gasteiger partial charge in [0.2, 0.25) is 0 Å². The molecule has 0 saturated heterocycles. The molecule has 0 atom stereocenters. The molecule has 0 unspecified atom stereocenters. The molecule has 1 aromatic carbocycles. The number of alkyl halides is 1. The first-order valence-electron chi connectivity index (χ1n) is 3.95. The van der Waals surface area contributed by atoms with Gasteiger partial charge in [-0.1, -0.05) is 12.1 Å². The standard InChI is InChI=1S/C9H13FN2/c10-4-5-12-9-3-1-2-8(6-9)7-11/h1-3,6,12H,4-5,7,11H2. The van der Waals surface area contributed by atoms with E-state index in [9.17, 15) is 4.39 Å². The number of nitrogens with two attached hydrogens (primary N) is 1. The van der Waals surface area contributed by atoms with Crippen LogP contribution in [0.1, 0.15) is 5.56 Å². The predicted octanol–water partition coefficient (Wildman–Crippen LogP) is 1.53. The average molecular weight is 168 g/mol. The molecule has 0 radical (unpaired) electrons. The summed E-state index contributed by atoms with van der Waals surface area (Å²) in [5, 5.41) is 2.94. The van der Waals surface area contributed by atoms with E-state index in [2.05, 4.69) is 5.32 Å². The first-order chi connectivity index (χ1) is 5.86. The van der Waals surface area contributed by atoms with Crippen LogP contribution >= 0.6 is 0 Å². The van der Waals surface area contributed by atoms with Gasteiger partial charge in [0, 0.05) is 18.8 Å². The highest BCUT2D eigenvalue weighted by Crippen LogP contribution is 2.09. The summed E-state index contributed by atoms with van der Waals surface area (Å²) < 4.78 is 11.8. The lowest BCUT2D eigenvalue weighted by molar-refractivity contribution is 0.513. The van der Waals surface area contributed by atoms with Crippen LogP contribution < -0.4 is 11.1 Å². The van der Waals surface area contributed by atoms with Gasteiger partial charge in [-0.05, 0) is 17.7 Å². The van der Waals surface area contributed by atoms with Gasteiger partial charge in [0.1, 0.15) is 6.67 Å². The minimum Gasteiger partial charge on any atom is -0.382 e. The van der Waals surface area contributed by atoms with Crippen LogP contribution in [0.3, 0.4) is 0 Å². The lowest BCUT2D eigenvalue weighted by Gasteiger charge is -2.04. The van der Waals surface area contributed by atoms with Gasteiger partial charge >= 0.3 is 0 Å². The first kappa shape index (κ1) is 9.00. The second kappa shape index (κ2) is 4.72. The SMILES string of the molecule is NCc1cccc(NCCF)c1. The van der Waals surface area contributed by atoms with Crippen molar-refractivity contribution in [2.75, 3.05) is 18.5 Å². The van der Waals surface area contributed by atoms with Crippen molar-refractivity contribution < 1.29 is 4.39 Å². The van der Waals surface area contributed by atoms with Crippen LogP contribution in [0.25, 0.3) is 0 Å². The van der Waals surface area contributed by atoms with Gasteiger partial charge in [0.15, 0.2) is 0 Å². The summed E-state index contributed by atoms with van der Waals surface area (Å²) in [5.41, 5.74) is 7.43. The molecule has 0 saturated carbocycles. The van der Waals surface area contributed by atoms with Crippen molar-refractivity contribution >= 4 is 5.69 Å². The Labute approximate surface area is 71.6 Å². The van der Waals surface area contributed by atoms with Gasteiger partial charge < -0.3 is 11.1 Å². The fourth-order valence-electron chi connectivity index (χ4n) is 1.000. The van der Waals surface area contributed by atoms with Gasteiger partial charge in [0.25, 0.3) is 0 Å². The molecule has 0 fully saturated rings. The van der Waals surface area contributed by atoms with Gasteiger partial charge in [-0.3, -0.25) is 0 Å². The fourth-order valence-corrected chi connectivity index (χ4v) is 1.000. The van der Waals surface area contributed by atoms with Crippen molar-refractivity contribution in [2.24, 2.45) is 5.73 Å². The zero-order valence-corrected chi connectivity index (χ0v) is 6.89. The highest BCUT2D eigenvalue weighted by molar-refractivity contribution is 5.45. The molecule has 12 heavy (non-hydrogen) atoms. The Morgan fingerprint density at radius 2 is 2.25 bits per heavy atom. The van der Waals surface area contributed by atoms with E-state index >= 15 is 0 Å². The van der Waals surface area contributed by atoms with Gasteiger partial charge in [-0.2, -0.15) is 0 Å². The van der Waals surface area contributed by atoms with E-state index in [1.807, 2.05) is 24.3 Å². The Hall–Kier alpha value is -1.09. The van der Waals surface area contributed by atoms with Crippen molar-refractivity contribution in [1.29, 1.82) is 0 Å². The van der Waals surface area contributed by atoms with Crippen molar-refractivity contribution in [3.63, 3.8) is 0 Å². The van der Waals surface area contributed by atoms with Crippen LogP contribution in [-0.4, -0.2) is 13.2 Å². The van der Waals surface area contributed by atoms with Gasteiger partial charge in [0.05, 0.1) is 0 Å². The van der Waals surface area contributed by atoms with Crippen LogP contribution in [0.15, 0.2) is 24.3 Å². The van der Waals surface area contributed by atoms with Crippen LogP contribution in [0.5, 0.6) is 0 Å². The van der Waals surface area contributed by atoms with Crippen LogP contribution in [0.4, 0.5) is 10.1 Å². The van der Waals surface area contributed by atoms with E-state index in [4.69, 9.17) is 5.73 Å². The maximum atomic E-state index is 11.8. The Morgan fingerprint density at radius 1 is 1.42 bits per heavy atom. The lowest BCUT2D eigenvalue weighted by Crippen LogP contribution is -2.04. The van der Waals surface area contributed by atoms with E-state index in [-0.39, 0.29) is 6.67 Å². The molecule has 0 aliphatic heterocycles. The zero-order chi connectivity index (χ0) is 8.81. The normalized spacial score (nSPS) is 9.83. The second-order valence-electron chi connectivity index (χ2n) is 2.52. The first-order valence-corrected chi connectivity index (χ1v) is 3.95. The molecular formula is C9H13FN2. The predicted molar refractivity (Wildman–Crippen MR) is 48.8 cm³/mol. The minimum atomic E-state index is -0.354. The molecule has 0 aromatic heterocycles. The topological polar surface area (TPSA) is 38.0 Å². The molecule has 1 aromatic rings. The highest BCUT2D eigenvalue weighted by Gasteiger charge is 1.92. The molecule has 66 valence electrons. The van der Waals surface area contributed by atoms with E-state index in [0.717, 1.165) is 11.3 Å². The molecule has 0 heterocycles. The number of anilines is 1. The van der Waals surface area contributed by atoms with E-state index in [1.54, 1.807) is 0 Å². The summed E-state index contributed by atoms with van der Waals surface area (Å²) in [6, 6.07) is 7.67. The summed E-state index contributed by atoms with van der Waals surface area (Å²) in [6.45, 7) is 0.520. The van der Waals surface area contributed by atoms with Crippen molar-refractivity contribution in [1.82, 2.24) is 0 Å². The van der Waals surface area contributed by atoms with Crippen molar-refractivity contribution in [2.45, 2.75) is 6.54 Å². The second-order valence-corrected chi connectivity index (χ2v) is 2.52. The van der Waals surface area contributed by atoms with Gasteiger partial charge in [-0.15, -0.1) is 0 Å². The molecule has 0 bridgehead atoms. The summed E-state index contributed by atoms with van der Waals surface area (Å²) in [6.07, 6.45) is 0. The molecule has 0 aliphatic rings. The number of benzene rings is 1. The molecule has 1 rings (SSSR count). The lowest BCUT2D eigenvalue weighted by atomic mass is 10.2. The summed E-state index contributed by atoms with van der Waals surface area (Å²) in [5.74, 6) is 0. The number of rotatable bonds is 4. The number of hydrogen-bond acceptors (Lipinski definition) is 2. The molecule has 0 spiro atoms. The van der Waals surface area contributed by atoms with E-state index < -0.39 is 0 Å². The average Bonchev–Trinajstić information content (AvgIpc) is 2.15. The maximum Gasteiger partial charge on any atom is 0.107 e. The monoisotopic (exact) mass is 168 g/mol. The number of hydrogen-bond donors (Lipinski definition) is 2. The molecule has 2 nitrogen and oxygen atoms in total. The van der Waals surface area contributed by atoms with Crippen molar-refractivity contribution in [3.8, 4) is 0 Å². The van der Waals surface area contributed by atoms with Crippen LogP contribution in [0, 0.1) is 0 Å². The number of halogens is 1. The molecule has 0 amide bonds. The summed E-state index contributed by atoms with van der Waals surface area (Å²) >= 11 is 0. The quantitative estimate of drug-likeness (QED) is 0.715. The Kier molecular flexibility index (Phi) is 3.54. The smallest absolute Gasteiger partial charge is 0.107 e. The summed E-state index contributed by atoms with van der Waals surface area (Å²) in [7, 11) is 0. The third-order valence-electron chi connectivity index (χ3n) is 1.59. The van der Waals surface area contributed by atoms with E-state index in [1.165, 1.54) is 0 Å². The zero-order valence-electron chi connectivity index (χ0n) is 6.89. The molecule has 0 aliphatic carbocycles. The Morgan fingerprint density at radius 3 is 2.92 bits per heavy atom. The summed E-state index contributed by atoms with van der Waals surface area (Å²) in [4.78, 5) is 0. The van der Waals surface area contributed by atoms with Crippen LogP contribution in [0.2, 0.25) is 0 Å². The molecule has 3 heteroatoms. The van der Waals surface area contributed by atoms with E-state index in [0.29, 0.717) is 13.1 Å². The van der Waals surface area contributed by atoms with Crippen molar-refractivity contribution in [3.05, 3.63) is 29.8 Å². The highest BCUT2D eigenvalue weighted by atomic mass is 19.1. The number of nitrogens with one attached hydrogen (secondary N) is 1. The largest absolute Gasteiger partial charge is 0.382 e. The van der Waals surface area contributed by atoms with Crippen LogP contribution in [-0.2, 0) is 6.54 Å². The Balaban J connectivity index is 2.60. The maximum absolute atomic E-state index is 11.8.